The van der Waals surface area contributed by atoms with Crippen molar-refractivity contribution in [3.05, 3.63) is 153 Å². The molecule has 0 unspecified atom stereocenters. The molecule has 0 radical (unpaired) electrons. The Bertz CT molecular complexity index is 1560. The number of benzene rings is 4. The number of halogens is 2. The summed E-state index contributed by atoms with van der Waals surface area (Å²) in [6.07, 6.45) is 1.99. The van der Waals surface area contributed by atoms with Gasteiger partial charge in [-0.25, -0.2) is 4.98 Å². The molecule has 0 atom stereocenters. The quantitative estimate of drug-likeness (QED) is 0.170. The van der Waals surface area contributed by atoms with Gasteiger partial charge in [0.2, 0.25) is 11.9 Å². The molecule has 4 aromatic carbocycles. The summed E-state index contributed by atoms with van der Waals surface area (Å²) in [5, 5.41) is 13.2. The second-order valence-electron chi connectivity index (χ2n) is 9.60. The second-order valence-corrected chi connectivity index (χ2v) is 10.4. The Morgan fingerprint density at radius 1 is 0.780 bits per heavy atom. The Morgan fingerprint density at radius 2 is 1.32 bits per heavy atom. The lowest BCUT2D eigenvalue weighted by atomic mass is 9.76. The smallest absolute Gasteiger partial charge is 0.303 e. The van der Waals surface area contributed by atoms with Crippen molar-refractivity contribution < 1.29 is 14.7 Å². The standard InChI is InChI=1S/C33H27Cl2N3O3/c34-28-18-16-23(20-29(28)35)21-30(39)37-32-36-27(17-19-31(40)41)22-38(32)33(24-10-4-1-5-11-24,25-12-6-2-7-13-25)26-14-8-3-9-15-26/h1-16,18,20,22H,17,19,21H2,(H,40,41)(H,36,37,39). The average molecular weight is 585 g/mol. The van der Waals surface area contributed by atoms with Gasteiger partial charge in [0, 0.05) is 12.6 Å². The highest BCUT2D eigenvalue weighted by Gasteiger charge is 2.40. The number of carboxylic acids is 1. The number of aryl methyl sites for hydroxylation is 1. The number of aromatic nitrogens is 2. The molecule has 0 spiro atoms. The van der Waals surface area contributed by atoms with E-state index in [1.807, 2.05) is 102 Å². The van der Waals surface area contributed by atoms with E-state index >= 15 is 0 Å². The van der Waals surface area contributed by atoms with Crippen LogP contribution < -0.4 is 5.32 Å². The van der Waals surface area contributed by atoms with Gasteiger partial charge in [0.1, 0.15) is 5.54 Å². The fourth-order valence-electron chi connectivity index (χ4n) is 5.09. The van der Waals surface area contributed by atoms with Crippen molar-refractivity contribution in [3.63, 3.8) is 0 Å². The predicted octanol–water partition coefficient (Wildman–Crippen LogP) is 7.23. The number of anilines is 1. The fourth-order valence-corrected chi connectivity index (χ4v) is 5.41. The first-order valence-corrected chi connectivity index (χ1v) is 13.8. The molecule has 1 aromatic heterocycles. The molecule has 8 heteroatoms. The van der Waals surface area contributed by atoms with Crippen LogP contribution in [0.15, 0.2) is 115 Å². The minimum Gasteiger partial charge on any atom is -0.481 e. The third-order valence-corrected chi connectivity index (χ3v) is 7.63. The molecule has 1 amide bonds. The zero-order valence-electron chi connectivity index (χ0n) is 22.0. The summed E-state index contributed by atoms with van der Waals surface area (Å²) in [6.45, 7) is 0. The van der Waals surface area contributed by atoms with Gasteiger partial charge in [-0.1, -0.05) is 120 Å². The SMILES string of the molecule is O=C(O)CCc1cn(C(c2ccccc2)(c2ccccc2)c2ccccc2)c(NC(=O)Cc2ccc(Cl)c(Cl)c2)n1. The van der Waals surface area contributed by atoms with Gasteiger partial charge in [0.05, 0.1) is 28.6 Å². The van der Waals surface area contributed by atoms with Crippen molar-refractivity contribution in [2.75, 3.05) is 5.32 Å². The number of carboxylic acid groups (broad SMARTS) is 1. The summed E-state index contributed by atoms with van der Waals surface area (Å²) >= 11 is 12.2. The summed E-state index contributed by atoms with van der Waals surface area (Å²) in [4.78, 5) is 29.6. The van der Waals surface area contributed by atoms with Crippen molar-refractivity contribution in [2.45, 2.75) is 24.8 Å². The lowest BCUT2D eigenvalue weighted by Gasteiger charge is -2.38. The van der Waals surface area contributed by atoms with Crippen LogP contribution in [0.25, 0.3) is 0 Å². The average Bonchev–Trinajstić information content (AvgIpc) is 3.38. The normalized spacial score (nSPS) is 11.3. The fraction of sp³-hybridized carbons (Fsp3) is 0.121. The summed E-state index contributed by atoms with van der Waals surface area (Å²) < 4.78 is 1.94. The van der Waals surface area contributed by atoms with Gasteiger partial charge in [-0.05, 0) is 34.4 Å². The van der Waals surface area contributed by atoms with Crippen molar-refractivity contribution in [3.8, 4) is 0 Å². The maximum absolute atomic E-state index is 13.4. The number of imidazole rings is 1. The Labute approximate surface area is 248 Å². The van der Waals surface area contributed by atoms with Crippen LogP contribution in [0.1, 0.15) is 34.4 Å². The third-order valence-electron chi connectivity index (χ3n) is 6.89. The van der Waals surface area contributed by atoms with E-state index in [0.29, 0.717) is 27.3 Å². The van der Waals surface area contributed by atoms with Crippen molar-refractivity contribution in [2.24, 2.45) is 0 Å². The van der Waals surface area contributed by atoms with Gasteiger partial charge in [-0.3, -0.25) is 19.5 Å². The Morgan fingerprint density at radius 3 is 1.80 bits per heavy atom. The van der Waals surface area contributed by atoms with E-state index < -0.39 is 11.5 Å². The number of amides is 1. The zero-order valence-corrected chi connectivity index (χ0v) is 23.5. The summed E-state index contributed by atoms with van der Waals surface area (Å²) in [6, 6.07) is 35.0. The molecule has 0 aliphatic carbocycles. The minimum absolute atomic E-state index is 0.0449. The number of hydrogen-bond acceptors (Lipinski definition) is 3. The Hall–Kier alpha value is -4.39. The molecule has 0 saturated heterocycles. The van der Waals surface area contributed by atoms with E-state index in [9.17, 15) is 14.7 Å². The number of hydrogen-bond donors (Lipinski definition) is 2. The van der Waals surface area contributed by atoms with E-state index in [4.69, 9.17) is 28.2 Å². The minimum atomic E-state index is -0.940. The molecule has 0 bridgehead atoms. The van der Waals surface area contributed by atoms with Crippen molar-refractivity contribution in [1.82, 2.24) is 9.55 Å². The van der Waals surface area contributed by atoms with E-state index in [-0.39, 0.29) is 25.2 Å². The number of carbonyl (C=O) groups is 2. The highest BCUT2D eigenvalue weighted by Crippen LogP contribution is 2.43. The predicted molar refractivity (Wildman–Crippen MR) is 162 cm³/mol. The van der Waals surface area contributed by atoms with Gasteiger partial charge >= 0.3 is 5.97 Å². The van der Waals surface area contributed by atoms with E-state index in [2.05, 4.69) is 5.32 Å². The Balaban J connectivity index is 1.70. The molecular formula is C33H27Cl2N3O3. The number of aliphatic carboxylic acids is 1. The van der Waals surface area contributed by atoms with E-state index in [0.717, 1.165) is 16.7 Å². The van der Waals surface area contributed by atoms with E-state index in [1.165, 1.54) is 0 Å². The number of nitrogens with zero attached hydrogens (tertiary/aromatic N) is 2. The monoisotopic (exact) mass is 583 g/mol. The topological polar surface area (TPSA) is 84.2 Å². The van der Waals surface area contributed by atoms with Crippen LogP contribution in [-0.2, 0) is 28.0 Å². The maximum atomic E-state index is 13.4. The maximum Gasteiger partial charge on any atom is 0.303 e. The molecule has 2 N–H and O–H groups in total. The zero-order chi connectivity index (χ0) is 28.8. The van der Waals surface area contributed by atoms with Gasteiger partial charge in [0.15, 0.2) is 0 Å². The van der Waals surface area contributed by atoms with Crippen LogP contribution in [0.2, 0.25) is 10.0 Å². The molecule has 0 fully saturated rings. The van der Waals surface area contributed by atoms with Gasteiger partial charge in [0.25, 0.3) is 0 Å². The first kappa shape index (κ1) is 28.1. The van der Waals surface area contributed by atoms with Gasteiger partial charge in [-0.15, -0.1) is 0 Å². The molecule has 5 rings (SSSR count). The highest BCUT2D eigenvalue weighted by atomic mass is 35.5. The highest BCUT2D eigenvalue weighted by molar-refractivity contribution is 6.42. The molecule has 206 valence electrons. The van der Waals surface area contributed by atoms with Crippen LogP contribution in [0, 0.1) is 0 Å². The van der Waals surface area contributed by atoms with Crippen molar-refractivity contribution >= 4 is 41.0 Å². The molecule has 0 aliphatic heterocycles. The Kier molecular flexibility index (Phi) is 8.53. The first-order valence-electron chi connectivity index (χ1n) is 13.1. The lowest BCUT2D eigenvalue weighted by Crippen LogP contribution is -2.38. The molecule has 0 aliphatic rings. The second kappa shape index (κ2) is 12.4. The number of rotatable bonds is 10. The third kappa shape index (κ3) is 6.04. The van der Waals surface area contributed by atoms with Crippen LogP contribution >= 0.6 is 23.2 Å². The summed E-state index contributed by atoms with van der Waals surface area (Å²) in [5.74, 6) is -0.930. The van der Waals surface area contributed by atoms with Gasteiger partial charge < -0.3 is 5.11 Å². The van der Waals surface area contributed by atoms with Crippen LogP contribution in [0.3, 0.4) is 0 Å². The van der Waals surface area contributed by atoms with Crippen molar-refractivity contribution in [1.29, 1.82) is 0 Å². The molecule has 1 heterocycles. The molecule has 0 saturated carbocycles. The van der Waals surface area contributed by atoms with E-state index in [1.54, 1.807) is 18.2 Å². The van der Waals surface area contributed by atoms with Crippen LogP contribution in [0.5, 0.6) is 0 Å². The molecule has 6 nitrogen and oxygen atoms in total. The lowest BCUT2D eigenvalue weighted by molar-refractivity contribution is -0.137. The summed E-state index contributed by atoms with van der Waals surface area (Å²) in [7, 11) is 0. The summed E-state index contributed by atoms with van der Waals surface area (Å²) in [5.41, 5.74) is 3.13. The van der Waals surface area contributed by atoms with Crippen LogP contribution in [0.4, 0.5) is 5.95 Å². The first-order chi connectivity index (χ1) is 19.9. The van der Waals surface area contributed by atoms with Crippen LogP contribution in [-0.4, -0.2) is 26.5 Å². The molecular weight excluding hydrogens is 557 g/mol. The number of nitrogens with one attached hydrogen (secondary N) is 1. The molecule has 41 heavy (non-hydrogen) atoms. The number of carbonyl (C=O) groups excluding carboxylic acids is 1. The van der Waals surface area contributed by atoms with Gasteiger partial charge in [-0.2, -0.15) is 0 Å². The molecule has 5 aromatic rings. The largest absolute Gasteiger partial charge is 0.481 e.